The Labute approximate surface area is 181 Å². The lowest BCUT2D eigenvalue weighted by atomic mass is 9.81. The van der Waals surface area contributed by atoms with Crippen LogP contribution in [0.15, 0.2) is 24.3 Å². The maximum absolute atomic E-state index is 13.3. The third-order valence-electron chi connectivity index (χ3n) is 6.52. The van der Waals surface area contributed by atoms with Crippen LogP contribution in [0.4, 0.5) is 5.69 Å². The van der Waals surface area contributed by atoms with E-state index >= 15 is 0 Å². The Morgan fingerprint density at radius 2 is 1.54 bits per heavy atom. The zero-order valence-corrected chi connectivity index (χ0v) is 19.2. The normalized spacial score (nSPS) is 34.9. The van der Waals surface area contributed by atoms with Gasteiger partial charge in [-0.1, -0.05) is 63.4 Å². The third kappa shape index (κ3) is 2.96. The first-order chi connectivity index (χ1) is 13.2. The van der Waals surface area contributed by atoms with Gasteiger partial charge in [0, 0.05) is 15.3 Å². The van der Waals surface area contributed by atoms with E-state index in [1.165, 1.54) is 4.90 Å². The van der Waals surface area contributed by atoms with Crippen LogP contribution >= 0.6 is 31.9 Å². The number of nitrogens with one attached hydrogen (secondary N) is 1. The number of carbonyl (C=O) groups is 3. The average Bonchev–Trinajstić information content (AvgIpc) is 3.24. The fourth-order valence-electron chi connectivity index (χ4n) is 5.22. The van der Waals surface area contributed by atoms with Crippen molar-refractivity contribution in [3.63, 3.8) is 0 Å². The Bertz CT molecular complexity index is 793. The molecule has 2 saturated carbocycles. The van der Waals surface area contributed by atoms with Gasteiger partial charge < -0.3 is 5.32 Å². The second kappa shape index (κ2) is 7.24. The molecule has 150 valence electrons. The van der Waals surface area contributed by atoms with Crippen LogP contribution in [0.1, 0.15) is 25.8 Å². The molecule has 2 aliphatic carbocycles. The number of hydrogen-bond donors (Lipinski definition) is 1. The fraction of sp³-hybridized carbons (Fsp3) is 0.571. The highest BCUT2D eigenvalue weighted by Gasteiger charge is 2.67. The first-order valence-electron chi connectivity index (χ1n) is 9.75. The minimum atomic E-state index is -0.797. The maximum atomic E-state index is 13.3. The Morgan fingerprint density at radius 1 is 1.04 bits per heavy atom. The maximum Gasteiger partial charge on any atom is 0.247 e. The van der Waals surface area contributed by atoms with Gasteiger partial charge in [-0.3, -0.25) is 19.3 Å². The molecule has 0 unspecified atom stereocenters. The summed E-state index contributed by atoms with van der Waals surface area (Å²) in [5.41, 5.74) is 1.77. The van der Waals surface area contributed by atoms with Crippen LogP contribution in [0.3, 0.4) is 0 Å². The van der Waals surface area contributed by atoms with E-state index in [-0.39, 0.29) is 57.0 Å². The minimum absolute atomic E-state index is 0.147. The van der Waals surface area contributed by atoms with Crippen LogP contribution in [0.5, 0.6) is 0 Å². The standard InChI is InChI=1S/C21H24Br2N2O3/c1-9(2)18(19(26)24-11-6-4-10(3)5-7-11)25-20(27)14-12-8-13(15(14)21(25)28)17(23)16(12)22/h4-7,9,12-18H,8H2,1-3H3,(H,24,26)/t12-,13-,14-,15+,16+,17+,18+/m1/s1. The van der Waals surface area contributed by atoms with E-state index in [2.05, 4.69) is 37.2 Å². The minimum Gasteiger partial charge on any atom is -0.324 e. The molecule has 1 N–H and O–H groups in total. The molecule has 1 heterocycles. The molecule has 0 radical (unpaired) electrons. The Balaban J connectivity index is 1.60. The lowest BCUT2D eigenvalue weighted by Crippen LogP contribution is -2.51. The highest BCUT2D eigenvalue weighted by atomic mass is 79.9. The monoisotopic (exact) mass is 510 g/mol. The molecule has 1 aliphatic heterocycles. The molecule has 3 fully saturated rings. The van der Waals surface area contributed by atoms with Crippen molar-refractivity contribution in [2.24, 2.45) is 29.6 Å². The Kier molecular flexibility index (Phi) is 5.19. The number of alkyl halides is 2. The summed E-state index contributed by atoms with van der Waals surface area (Å²) in [6.07, 6.45) is 0.883. The van der Waals surface area contributed by atoms with E-state index in [9.17, 15) is 14.4 Å². The molecule has 2 bridgehead atoms. The molecular weight excluding hydrogens is 488 g/mol. The van der Waals surface area contributed by atoms with Gasteiger partial charge in [-0.25, -0.2) is 0 Å². The van der Waals surface area contributed by atoms with Crippen molar-refractivity contribution in [1.82, 2.24) is 4.90 Å². The zero-order chi connectivity index (χ0) is 20.3. The summed E-state index contributed by atoms with van der Waals surface area (Å²) >= 11 is 7.40. The first kappa shape index (κ1) is 20.1. The van der Waals surface area contributed by atoms with Gasteiger partial charge >= 0.3 is 0 Å². The predicted octanol–water partition coefficient (Wildman–Crippen LogP) is 3.74. The molecule has 1 aromatic carbocycles. The topological polar surface area (TPSA) is 66.5 Å². The Morgan fingerprint density at radius 3 is 2.00 bits per heavy atom. The van der Waals surface area contributed by atoms with Crippen molar-refractivity contribution >= 4 is 55.3 Å². The van der Waals surface area contributed by atoms with Gasteiger partial charge in [0.15, 0.2) is 0 Å². The lowest BCUT2D eigenvalue weighted by Gasteiger charge is -2.29. The highest BCUT2D eigenvalue weighted by molar-refractivity contribution is 9.12. The van der Waals surface area contributed by atoms with Crippen molar-refractivity contribution in [3.05, 3.63) is 29.8 Å². The number of rotatable bonds is 4. The van der Waals surface area contributed by atoms with Gasteiger partial charge in [0.25, 0.3) is 0 Å². The van der Waals surface area contributed by atoms with E-state index in [1.54, 1.807) is 0 Å². The molecule has 1 saturated heterocycles. The second-order valence-electron chi connectivity index (χ2n) is 8.59. The number of imide groups is 1. The highest BCUT2D eigenvalue weighted by Crippen LogP contribution is 2.60. The van der Waals surface area contributed by atoms with Gasteiger partial charge in [0.1, 0.15) is 6.04 Å². The molecule has 4 rings (SSSR count). The predicted molar refractivity (Wildman–Crippen MR) is 114 cm³/mol. The van der Waals surface area contributed by atoms with Crippen molar-refractivity contribution in [3.8, 4) is 0 Å². The smallest absolute Gasteiger partial charge is 0.247 e. The first-order valence-corrected chi connectivity index (χ1v) is 11.6. The SMILES string of the molecule is Cc1ccc(NC(=O)[C@H](C(C)C)N2C(=O)[C@@H]3[C@H]4C[C@@H]([C@H](Br)[C@H]4Br)[C@@H]3C2=O)cc1. The molecule has 7 heteroatoms. The zero-order valence-electron chi connectivity index (χ0n) is 16.1. The van der Waals surface area contributed by atoms with Crippen LogP contribution in [-0.2, 0) is 14.4 Å². The fourth-order valence-corrected chi connectivity index (χ4v) is 7.09. The molecule has 0 aromatic heterocycles. The molecule has 3 aliphatic rings. The van der Waals surface area contributed by atoms with Crippen LogP contribution in [0.2, 0.25) is 0 Å². The van der Waals surface area contributed by atoms with Crippen LogP contribution < -0.4 is 5.32 Å². The summed E-state index contributed by atoms with van der Waals surface area (Å²) < 4.78 is 0. The number of anilines is 1. The van der Waals surface area contributed by atoms with Gasteiger partial charge in [-0.05, 0) is 43.2 Å². The number of carbonyl (C=O) groups excluding carboxylic acids is 3. The molecule has 28 heavy (non-hydrogen) atoms. The summed E-state index contributed by atoms with van der Waals surface area (Å²) in [5.74, 6) is -1.14. The van der Waals surface area contributed by atoms with Crippen LogP contribution in [0, 0.1) is 36.5 Å². The number of benzene rings is 1. The van der Waals surface area contributed by atoms with E-state index in [0.29, 0.717) is 5.69 Å². The van der Waals surface area contributed by atoms with Crippen molar-refractivity contribution < 1.29 is 14.4 Å². The molecule has 1 aromatic rings. The van der Waals surface area contributed by atoms with Crippen LogP contribution in [0.25, 0.3) is 0 Å². The van der Waals surface area contributed by atoms with E-state index in [0.717, 1.165) is 12.0 Å². The second-order valence-corrected chi connectivity index (χ2v) is 10.7. The number of fused-ring (bicyclic) bond motifs is 5. The summed E-state index contributed by atoms with van der Waals surface area (Å²) in [6, 6.07) is 6.70. The Hall–Kier alpha value is -1.21. The number of aryl methyl sites for hydroxylation is 1. The van der Waals surface area contributed by atoms with Crippen molar-refractivity contribution in [2.45, 2.75) is 42.9 Å². The summed E-state index contributed by atoms with van der Waals surface area (Å²) in [4.78, 5) is 41.3. The van der Waals surface area contributed by atoms with Crippen molar-refractivity contribution in [2.75, 3.05) is 5.32 Å². The number of nitrogens with zero attached hydrogens (tertiary/aromatic N) is 1. The quantitative estimate of drug-likeness (QED) is 0.494. The molecule has 5 nitrogen and oxygen atoms in total. The number of amides is 3. The molecule has 7 atom stereocenters. The van der Waals surface area contributed by atoms with Gasteiger partial charge in [-0.2, -0.15) is 0 Å². The molecule has 3 amide bonds. The van der Waals surface area contributed by atoms with E-state index < -0.39 is 6.04 Å². The average molecular weight is 512 g/mol. The number of halogens is 2. The summed E-state index contributed by atoms with van der Waals surface area (Å²) in [6.45, 7) is 5.73. The van der Waals surface area contributed by atoms with Gasteiger partial charge in [0.2, 0.25) is 17.7 Å². The van der Waals surface area contributed by atoms with Crippen LogP contribution in [-0.4, -0.2) is 38.3 Å². The molecular formula is C21H24Br2N2O3. The van der Waals surface area contributed by atoms with E-state index in [4.69, 9.17) is 0 Å². The van der Waals surface area contributed by atoms with Gasteiger partial charge in [0.05, 0.1) is 11.8 Å². The molecule has 0 spiro atoms. The summed E-state index contributed by atoms with van der Waals surface area (Å²) in [5, 5.41) is 2.89. The number of hydrogen-bond acceptors (Lipinski definition) is 3. The van der Waals surface area contributed by atoms with Crippen molar-refractivity contribution in [1.29, 1.82) is 0 Å². The van der Waals surface area contributed by atoms with Gasteiger partial charge in [-0.15, -0.1) is 0 Å². The lowest BCUT2D eigenvalue weighted by molar-refractivity contribution is -0.148. The summed E-state index contributed by atoms with van der Waals surface area (Å²) in [7, 11) is 0. The van der Waals surface area contributed by atoms with E-state index in [1.807, 2.05) is 45.0 Å². The number of likely N-dealkylation sites (tertiary alicyclic amines) is 1. The largest absolute Gasteiger partial charge is 0.324 e. The third-order valence-corrected chi connectivity index (χ3v) is 9.73.